The fourth-order valence-corrected chi connectivity index (χ4v) is 2.81. The summed E-state index contributed by atoms with van der Waals surface area (Å²) in [6.45, 7) is 6.31. The number of halogens is 1. The van der Waals surface area contributed by atoms with Crippen molar-refractivity contribution in [3.8, 4) is 17.1 Å². The van der Waals surface area contributed by atoms with Crippen LogP contribution in [0.1, 0.15) is 38.2 Å². The first kappa shape index (κ1) is 17.6. The van der Waals surface area contributed by atoms with Gasteiger partial charge in [0.1, 0.15) is 0 Å². The molecule has 0 bridgehead atoms. The molecule has 2 heterocycles. The minimum Gasteiger partial charge on any atom is -0.334 e. The lowest BCUT2D eigenvalue weighted by molar-refractivity contribution is 0.417. The van der Waals surface area contributed by atoms with E-state index in [1.807, 2.05) is 36.0 Å². The molecule has 132 valence electrons. The van der Waals surface area contributed by atoms with Gasteiger partial charge in [-0.2, -0.15) is 10.1 Å². The van der Waals surface area contributed by atoms with Crippen LogP contribution in [0.2, 0.25) is 5.02 Å². The number of nitrogens with one attached hydrogen (secondary N) is 1. The Morgan fingerprint density at radius 3 is 2.56 bits per heavy atom. The Morgan fingerprint density at radius 2 is 1.92 bits per heavy atom. The normalized spacial score (nSPS) is 12.7. The highest BCUT2D eigenvalue weighted by Crippen LogP contribution is 2.30. The second-order valence-electron chi connectivity index (χ2n) is 6.40. The summed E-state index contributed by atoms with van der Waals surface area (Å²) < 4.78 is 7.39. The molecule has 7 heteroatoms. The fourth-order valence-electron chi connectivity index (χ4n) is 2.69. The third-order valence-corrected chi connectivity index (χ3v) is 4.36. The maximum absolute atomic E-state index is 5.99. The van der Waals surface area contributed by atoms with Crippen molar-refractivity contribution in [2.75, 3.05) is 7.05 Å². The summed E-state index contributed by atoms with van der Waals surface area (Å²) in [5.41, 5.74) is 2.84. The van der Waals surface area contributed by atoms with E-state index in [-0.39, 0.29) is 12.0 Å². The zero-order valence-electron chi connectivity index (χ0n) is 14.8. The van der Waals surface area contributed by atoms with E-state index >= 15 is 0 Å². The summed E-state index contributed by atoms with van der Waals surface area (Å²) in [6.07, 6.45) is 2.49. The third kappa shape index (κ3) is 3.75. The monoisotopic (exact) mass is 359 g/mol. The number of aromatic nitrogens is 4. The molecule has 3 rings (SSSR count). The van der Waals surface area contributed by atoms with Crippen molar-refractivity contribution in [3.05, 3.63) is 47.0 Å². The summed E-state index contributed by atoms with van der Waals surface area (Å²) in [5.74, 6) is 1.42. The highest BCUT2D eigenvalue weighted by molar-refractivity contribution is 6.30. The van der Waals surface area contributed by atoms with Crippen molar-refractivity contribution in [2.24, 2.45) is 0 Å². The zero-order valence-corrected chi connectivity index (χ0v) is 15.6. The van der Waals surface area contributed by atoms with Crippen molar-refractivity contribution < 1.29 is 4.52 Å². The molecule has 0 aliphatic rings. The molecule has 2 aromatic heterocycles. The first-order valence-corrected chi connectivity index (χ1v) is 8.71. The van der Waals surface area contributed by atoms with Crippen molar-refractivity contribution in [1.82, 2.24) is 25.2 Å². The maximum Gasteiger partial charge on any atom is 0.261 e. The van der Waals surface area contributed by atoms with E-state index in [2.05, 4.69) is 41.3 Å². The molecular weight excluding hydrogens is 338 g/mol. The summed E-state index contributed by atoms with van der Waals surface area (Å²) in [4.78, 5) is 4.54. The molecule has 0 aliphatic heterocycles. The van der Waals surface area contributed by atoms with E-state index in [9.17, 15) is 0 Å². The van der Waals surface area contributed by atoms with Gasteiger partial charge in [-0.25, -0.2) is 4.68 Å². The molecule has 0 saturated carbocycles. The molecular formula is C18H22ClN5O. The Morgan fingerprint density at radius 1 is 1.20 bits per heavy atom. The lowest BCUT2D eigenvalue weighted by atomic mass is 10.1. The Kier molecular flexibility index (Phi) is 5.20. The van der Waals surface area contributed by atoms with E-state index in [0.29, 0.717) is 23.2 Å². The average Bonchev–Trinajstić information content (AvgIpc) is 3.22. The highest BCUT2D eigenvalue weighted by Gasteiger charge is 2.21. The molecule has 6 nitrogen and oxygen atoms in total. The van der Waals surface area contributed by atoms with Gasteiger partial charge in [0, 0.05) is 17.5 Å². The minimum absolute atomic E-state index is 0.236. The van der Waals surface area contributed by atoms with Gasteiger partial charge < -0.3 is 9.84 Å². The van der Waals surface area contributed by atoms with Gasteiger partial charge in [-0.15, -0.1) is 0 Å². The van der Waals surface area contributed by atoms with Gasteiger partial charge in [0.25, 0.3) is 5.89 Å². The van der Waals surface area contributed by atoms with Crippen LogP contribution in [0.3, 0.4) is 0 Å². The van der Waals surface area contributed by atoms with Gasteiger partial charge in [0.15, 0.2) is 5.82 Å². The molecule has 1 N–H and O–H groups in total. The van der Waals surface area contributed by atoms with Crippen LogP contribution in [-0.2, 0) is 6.42 Å². The molecule has 0 radical (unpaired) electrons. The average molecular weight is 360 g/mol. The van der Waals surface area contributed by atoms with Gasteiger partial charge in [-0.05, 0) is 44.2 Å². The number of hydrogen-bond acceptors (Lipinski definition) is 5. The topological polar surface area (TPSA) is 68.8 Å². The molecule has 0 aliphatic carbocycles. The van der Waals surface area contributed by atoms with Crippen LogP contribution in [-0.4, -0.2) is 33.0 Å². The quantitative estimate of drug-likeness (QED) is 0.724. The first-order chi connectivity index (χ1) is 12.0. The molecule has 0 spiro atoms. The SMILES string of the molecule is CNC(C)Cc1noc(-c2cnn(-c3ccc(Cl)cc3)c2C(C)C)n1. The summed E-state index contributed by atoms with van der Waals surface area (Å²) >= 11 is 5.99. The maximum atomic E-state index is 5.99. The second kappa shape index (κ2) is 7.37. The van der Waals surface area contributed by atoms with Crippen molar-refractivity contribution in [2.45, 2.75) is 39.2 Å². The number of hydrogen-bond donors (Lipinski definition) is 1. The van der Waals surface area contributed by atoms with Gasteiger partial charge >= 0.3 is 0 Å². The molecule has 3 aromatic rings. The van der Waals surface area contributed by atoms with E-state index < -0.39 is 0 Å². The fraction of sp³-hybridized carbons (Fsp3) is 0.389. The van der Waals surface area contributed by atoms with Crippen molar-refractivity contribution >= 4 is 11.6 Å². The molecule has 1 aromatic carbocycles. The lowest BCUT2D eigenvalue weighted by Crippen LogP contribution is -2.24. The smallest absolute Gasteiger partial charge is 0.261 e. The lowest BCUT2D eigenvalue weighted by Gasteiger charge is -2.11. The van der Waals surface area contributed by atoms with Crippen LogP contribution in [0, 0.1) is 0 Å². The van der Waals surface area contributed by atoms with E-state index in [1.165, 1.54) is 0 Å². The Balaban J connectivity index is 1.99. The third-order valence-electron chi connectivity index (χ3n) is 4.10. The summed E-state index contributed by atoms with van der Waals surface area (Å²) in [5, 5.41) is 12.5. The molecule has 0 saturated heterocycles. The van der Waals surface area contributed by atoms with E-state index in [4.69, 9.17) is 16.1 Å². The second-order valence-corrected chi connectivity index (χ2v) is 6.83. The zero-order chi connectivity index (χ0) is 18.0. The van der Waals surface area contributed by atoms with Crippen molar-refractivity contribution in [3.63, 3.8) is 0 Å². The molecule has 0 fully saturated rings. The molecule has 25 heavy (non-hydrogen) atoms. The first-order valence-electron chi connectivity index (χ1n) is 8.33. The van der Waals surface area contributed by atoms with Crippen LogP contribution in [0.5, 0.6) is 0 Å². The van der Waals surface area contributed by atoms with Crippen LogP contribution < -0.4 is 5.32 Å². The van der Waals surface area contributed by atoms with Crippen LogP contribution in [0.4, 0.5) is 0 Å². The van der Waals surface area contributed by atoms with E-state index in [1.54, 1.807) is 6.20 Å². The van der Waals surface area contributed by atoms with Crippen LogP contribution in [0.25, 0.3) is 17.1 Å². The highest BCUT2D eigenvalue weighted by atomic mass is 35.5. The van der Waals surface area contributed by atoms with Crippen LogP contribution in [0.15, 0.2) is 35.0 Å². The van der Waals surface area contributed by atoms with Gasteiger partial charge in [0.05, 0.1) is 23.1 Å². The largest absolute Gasteiger partial charge is 0.334 e. The predicted molar refractivity (Wildman–Crippen MR) is 98.2 cm³/mol. The Bertz CT molecular complexity index is 838. The van der Waals surface area contributed by atoms with Gasteiger partial charge in [0.2, 0.25) is 0 Å². The number of benzene rings is 1. The van der Waals surface area contributed by atoms with Gasteiger partial charge in [-0.3, -0.25) is 0 Å². The number of likely N-dealkylation sites (N-methyl/N-ethyl adjacent to an activating group) is 1. The molecule has 1 unspecified atom stereocenters. The van der Waals surface area contributed by atoms with Crippen molar-refractivity contribution in [1.29, 1.82) is 0 Å². The van der Waals surface area contributed by atoms with Gasteiger partial charge in [-0.1, -0.05) is 30.6 Å². The van der Waals surface area contributed by atoms with Crippen LogP contribution >= 0.6 is 11.6 Å². The standard InChI is InChI=1S/C18H22ClN5O/c1-11(2)17-15(18-22-16(23-25-18)9-12(3)20-4)10-21-24(17)14-7-5-13(19)6-8-14/h5-8,10-12,20H,9H2,1-4H3. The molecule has 0 amide bonds. The Hall–Kier alpha value is -2.18. The predicted octanol–water partition coefficient (Wildman–Crippen LogP) is 3.85. The number of rotatable bonds is 6. The number of nitrogens with zero attached hydrogens (tertiary/aromatic N) is 4. The molecule has 1 atom stereocenters. The summed E-state index contributed by atoms with van der Waals surface area (Å²) in [7, 11) is 1.92. The minimum atomic E-state index is 0.236. The van der Waals surface area contributed by atoms with E-state index in [0.717, 1.165) is 16.9 Å². The Labute approximate surface area is 152 Å². The summed E-state index contributed by atoms with van der Waals surface area (Å²) in [6, 6.07) is 7.88.